The van der Waals surface area contributed by atoms with Gasteiger partial charge >= 0.3 is 0 Å². The second-order valence-corrected chi connectivity index (χ2v) is 6.77. The van der Waals surface area contributed by atoms with E-state index in [1.807, 2.05) is 50.4 Å². The Labute approximate surface area is 161 Å². The third-order valence-electron chi connectivity index (χ3n) is 4.44. The molecule has 142 valence electrons. The van der Waals surface area contributed by atoms with Crippen LogP contribution in [0.5, 0.6) is 0 Å². The van der Waals surface area contributed by atoms with E-state index in [0.29, 0.717) is 41.9 Å². The minimum atomic E-state index is -0.234. The van der Waals surface area contributed by atoms with Crippen molar-refractivity contribution in [3.63, 3.8) is 0 Å². The lowest BCUT2D eigenvalue weighted by atomic mass is 10.1. The van der Waals surface area contributed by atoms with Crippen molar-refractivity contribution in [3.05, 3.63) is 77.6 Å². The first-order chi connectivity index (χ1) is 13.6. The number of aryl methyl sites for hydroxylation is 1. The van der Waals surface area contributed by atoms with Crippen molar-refractivity contribution in [2.45, 2.75) is 20.0 Å². The zero-order valence-corrected chi connectivity index (χ0v) is 15.6. The van der Waals surface area contributed by atoms with Gasteiger partial charge in [0, 0.05) is 11.1 Å². The van der Waals surface area contributed by atoms with E-state index >= 15 is 0 Å². The lowest BCUT2D eigenvalue weighted by molar-refractivity contribution is -0.909. The molecule has 1 N–H and O–H groups in total. The van der Waals surface area contributed by atoms with Gasteiger partial charge in [-0.2, -0.15) is 0 Å². The van der Waals surface area contributed by atoms with Crippen LogP contribution in [0.15, 0.2) is 63.5 Å². The molecule has 0 bridgehead atoms. The summed E-state index contributed by atoms with van der Waals surface area (Å²) in [6, 6.07) is 16.3. The molecular formula is C21H20FN4O2+. The summed E-state index contributed by atoms with van der Waals surface area (Å²) in [5, 5.41) is 12.5. The number of nitrogens with one attached hydrogen (secondary N) is 1. The number of hydrogen-bond donors (Lipinski definition) is 1. The Morgan fingerprint density at radius 3 is 2.61 bits per heavy atom. The van der Waals surface area contributed by atoms with Crippen LogP contribution in [0.3, 0.4) is 0 Å². The Morgan fingerprint density at radius 1 is 1.00 bits per heavy atom. The molecule has 2 aromatic carbocycles. The van der Waals surface area contributed by atoms with Gasteiger partial charge in [0.2, 0.25) is 0 Å². The molecule has 1 unspecified atom stereocenters. The van der Waals surface area contributed by atoms with Gasteiger partial charge in [0.25, 0.3) is 11.8 Å². The van der Waals surface area contributed by atoms with E-state index in [2.05, 4.69) is 15.4 Å². The van der Waals surface area contributed by atoms with Crippen LogP contribution in [-0.2, 0) is 13.1 Å². The highest BCUT2D eigenvalue weighted by Gasteiger charge is 2.22. The molecule has 0 fully saturated rings. The van der Waals surface area contributed by atoms with Crippen molar-refractivity contribution in [1.82, 2.24) is 15.4 Å². The third-order valence-corrected chi connectivity index (χ3v) is 4.44. The van der Waals surface area contributed by atoms with Crippen LogP contribution in [-0.4, -0.2) is 22.4 Å². The monoisotopic (exact) mass is 379 g/mol. The number of nitrogens with zero attached hydrogens (tertiary/aromatic N) is 3. The largest absolute Gasteiger partial charge is 0.415 e. The quantitative estimate of drug-likeness (QED) is 0.558. The third kappa shape index (κ3) is 3.84. The fraction of sp³-hybridized carbons (Fsp3) is 0.190. The fourth-order valence-corrected chi connectivity index (χ4v) is 3.16. The minimum absolute atomic E-state index is 0.234. The molecular weight excluding hydrogens is 359 g/mol. The molecule has 28 heavy (non-hydrogen) atoms. The van der Waals surface area contributed by atoms with E-state index in [0.717, 1.165) is 16.0 Å². The van der Waals surface area contributed by atoms with E-state index in [-0.39, 0.29) is 5.82 Å². The molecule has 0 amide bonds. The van der Waals surface area contributed by atoms with Gasteiger partial charge in [0.05, 0.1) is 7.05 Å². The van der Waals surface area contributed by atoms with Gasteiger partial charge in [-0.25, -0.2) is 4.39 Å². The Hall–Kier alpha value is -3.32. The van der Waals surface area contributed by atoms with Crippen molar-refractivity contribution >= 4 is 0 Å². The van der Waals surface area contributed by atoms with Gasteiger partial charge in [0.15, 0.2) is 6.54 Å². The summed E-state index contributed by atoms with van der Waals surface area (Å²) >= 11 is 0. The van der Waals surface area contributed by atoms with Crippen LogP contribution in [0, 0.1) is 12.7 Å². The van der Waals surface area contributed by atoms with Crippen LogP contribution >= 0.6 is 0 Å². The summed E-state index contributed by atoms with van der Waals surface area (Å²) in [5.41, 5.74) is 3.21. The predicted octanol–water partition coefficient (Wildman–Crippen LogP) is 3.05. The van der Waals surface area contributed by atoms with Gasteiger partial charge in [-0.15, -0.1) is 10.2 Å². The summed E-state index contributed by atoms with van der Waals surface area (Å²) in [6.45, 7) is 2.99. The Kier molecular flexibility index (Phi) is 4.99. The van der Waals surface area contributed by atoms with Crippen LogP contribution in [0.1, 0.15) is 17.2 Å². The minimum Gasteiger partial charge on any atom is -0.415 e. The number of hydrogen-bond acceptors (Lipinski definition) is 5. The summed E-state index contributed by atoms with van der Waals surface area (Å²) < 4.78 is 24.6. The van der Waals surface area contributed by atoms with Crippen molar-refractivity contribution in [1.29, 1.82) is 0 Å². The van der Waals surface area contributed by atoms with Crippen LogP contribution in [0.2, 0.25) is 0 Å². The van der Waals surface area contributed by atoms with E-state index in [4.69, 9.17) is 8.94 Å². The maximum Gasteiger partial charge on any atom is 0.271 e. The summed E-state index contributed by atoms with van der Waals surface area (Å²) in [4.78, 5) is 1.10. The molecule has 0 saturated carbocycles. The Bertz CT molecular complexity index is 1070. The number of halogens is 1. The molecule has 0 spiro atoms. The van der Waals surface area contributed by atoms with Gasteiger partial charge in [-0.1, -0.05) is 47.6 Å². The van der Waals surface area contributed by atoms with E-state index in [1.54, 1.807) is 6.07 Å². The fourth-order valence-electron chi connectivity index (χ4n) is 3.16. The Morgan fingerprint density at radius 2 is 1.82 bits per heavy atom. The topological polar surface area (TPSA) is 69.4 Å². The zero-order chi connectivity index (χ0) is 19.5. The molecule has 7 heteroatoms. The van der Waals surface area contributed by atoms with Gasteiger partial charge < -0.3 is 13.8 Å². The molecule has 1 atom stereocenters. The number of rotatable bonds is 6. The molecule has 0 aliphatic rings. The van der Waals surface area contributed by atoms with E-state index in [1.165, 1.54) is 12.1 Å². The van der Waals surface area contributed by atoms with Crippen molar-refractivity contribution < 1.29 is 18.2 Å². The average Bonchev–Trinajstić information content (AvgIpc) is 3.28. The molecule has 2 aromatic heterocycles. The zero-order valence-electron chi connectivity index (χ0n) is 15.6. The highest BCUT2D eigenvalue weighted by molar-refractivity contribution is 5.77. The number of aromatic nitrogens is 3. The highest BCUT2D eigenvalue weighted by atomic mass is 19.1. The lowest BCUT2D eigenvalue weighted by Crippen LogP contribution is -3.06. The second kappa shape index (κ2) is 7.74. The first kappa shape index (κ1) is 18.1. The average molecular weight is 379 g/mol. The second-order valence-electron chi connectivity index (χ2n) is 6.77. The van der Waals surface area contributed by atoms with Crippen molar-refractivity contribution in [2.24, 2.45) is 0 Å². The van der Waals surface area contributed by atoms with Crippen LogP contribution in [0.4, 0.5) is 4.39 Å². The summed E-state index contributed by atoms with van der Waals surface area (Å²) in [6.07, 6.45) is 0. The number of benzene rings is 2. The normalized spacial score (nSPS) is 12.2. The lowest BCUT2D eigenvalue weighted by Gasteiger charge is -2.11. The van der Waals surface area contributed by atoms with Crippen molar-refractivity contribution in [2.75, 3.05) is 7.05 Å². The van der Waals surface area contributed by atoms with Gasteiger partial charge in [-0.3, -0.25) is 0 Å². The summed E-state index contributed by atoms with van der Waals surface area (Å²) in [7, 11) is 1.99. The predicted molar refractivity (Wildman–Crippen MR) is 101 cm³/mol. The molecule has 0 saturated heterocycles. The molecule has 4 rings (SSSR count). The summed E-state index contributed by atoms with van der Waals surface area (Å²) in [5.74, 6) is 1.27. The maximum atomic E-state index is 13.4. The molecule has 0 radical (unpaired) electrons. The smallest absolute Gasteiger partial charge is 0.271 e. The standard InChI is InChI=1S/C21H19FN4O2/c1-14-19(20(25-28-14)16-8-4-3-5-9-16)21-24-23-18(27-21)13-26(2)12-15-7-6-10-17(22)11-15/h3-11H,12-13H2,1-2H3/p+1. The van der Waals surface area contributed by atoms with Gasteiger partial charge in [-0.05, 0) is 19.1 Å². The number of quaternary nitrogens is 1. The van der Waals surface area contributed by atoms with Gasteiger partial charge in [0.1, 0.15) is 29.4 Å². The first-order valence-electron chi connectivity index (χ1n) is 9.00. The highest BCUT2D eigenvalue weighted by Crippen LogP contribution is 2.33. The van der Waals surface area contributed by atoms with E-state index in [9.17, 15) is 4.39 Å². The Balaban J connectivity index is 1.53. The van der Waals surface area contributed by atoms with Crippen LogP contribution < -0.4 is 4.90 Å². The van der Waals surface area contributed by atoms with Crippen molar-refractivity contribution in [3.8, 4) is 22.7 Å². The maximum absolute atomic E-state index is 13.4. The SMILES string of the molecule is Cc1onc(-c2ccccc2)c1-c1nnc(C[NH+](C)Cc2cccc(F)c2)o1. The molecule has 0 aliphatic carbocycles. The first-order valence-corrected chi connectivity index (χ1v) is 9.00. The molecule has 6 nitrogen and oxygen atoms in total. The molecule has 4 aromatic rings. The van der Waals surface area contributed by atoms with E-state index < -0.39 is 0 Å². The van der Waals surface area contributed by atoms with Crippen LogP contribution in [0.25, 0.3) is 22.7 Å². The molecule has 2 heterocycles. The molecule has 0 aliphatic heterocycles.